The van der Waals surface area contributed by atoms with E-state index >= 15 is 0 Å². The normalized spacial score (nSPS) is 10.4. The Labute approximate surface area is 108 Å². The Balaban J connectivity index is 2.21. The van der Waals surface area contributed by atoms with E-state index in [1.54, 1.807) is 24.3 Å². The number of ketones is 1. The first-order valence-corrected chi connectivity index (χ1v) is 5.67. The van der Waals surface area contributed by atoms with Crippen molar-refractivity contribution < 1.29 is 13.6 Å². The molecule has 0 unspecified atom stereocenters. The lowest BCUT2D eigenvalue weighted by molar-refractivity contribution is 0.0988. The molecule has 0 N–H and O–H groups in total. The smallest absolute Gasteiger partial charge is 0.170 e. The van der Waals surface area contributed by atoms with Gasteiger partial charge in [0.15, 0.2) is 5.78 Å². The van der Waals surface area contributed by atoms with Gasteiger partial charge in [-0.3, -0.25) is 4.79 Å². The largest absolute Gasteiger partial charge is 0.294 e. The molecule has 0 aliphatic heterocycles. The number of hydrogen-bond donors (Lipinski definition) is 0. The van der Waals surface area contributed by atoms with Crippen molar-refractivity contribution >= 4 is 17.4 Å². The zero-order chi connectivity index (χ0) is 13.1. The van der Waals surface area contributed by atoms with Crippen LogP contribution >= 0.6 is 11.6 Å². The third kappa shape index (κ3) is 2.93. The molecular formula is C14H9ClF2O. The molecule has 0 aromatic heterocycles. The summed E-state index contributed by atoms with van der Waals surface area (Å²) in [6, 6.07) is 9.49. The van der Waals surface area contributed by atoms with Crippen molar-refractivity contribution in [2.24, 2.45) is 0 Å². The van der Waals surface area contributed by atoms with Crippen molar-refractivity contribution in [3.63, 3.8) is 0 Å². The topological polar surface area (TPSA) is 17.1 Å². The monoisotopic (exact) mass is 266 g/mol. The number of rotatable bonds is 3. The predicted octanol–water partition coefficient (Wildman–Crippen LogP) is 4.04. The second-order valence-electron chi connectivity index (χ2n) is 3.85. The van der Waals surface area contributed by atoms with Gasteiger partial charge in [0.2, 0.25) is 0 Å². The molecule has 0 radical (unpaired) electrons. The van der Waals surface area contributed by atoms with Crippen molar-refractivity contribution in [3.05, 3.63) is 70.2 Å². The lowest BCUT2D eigenvalue weighted by atomic mass is 10.0. The first-order chi connectivity index (χ1) is 8.56. The second kappa shape index (κ2) is 5.27. The number of hydrogen-bond acceptors (Lipinski definition) is 1. The van der Waals surface area contributed by atoms with E-state index in [0.29, 0.717) is 10.6 Å². The fourth-order valence-electron chi connectivity index (χ4n) is 1.59. The molecule has 0 atom stereocenters. The Kier molecular flexibility index (Phi) is 3.72. The molecule has 4 heteroatoms. The number of carbonyl (C=O) groups excluding carboxylic acids is 1. The van der Waals surface area contributed by atoms with E-state index in [2.05, 4.69) is 0 Å². The summed E-state index contributed by atoms with van der Waals surface area (Å²) in [7, 11) is 0. The van der Waals surface area contributed by atoms with Gasteiger partial charge in [-0.25, -0.2) is 8.78 Å². The quantitative estimate of drug-likeness (QED) is 0.766. The minimum absolute atomic E-state index is 0.0115. The maximum absolute atomic E-state index is 13.4. The van der Waals surface area contributed by atoms with Gasteiger partial charge < -0.3 is 0 Å². The van der Waals surface area contributed by atoms with Crippen LogP contribution in [0.1, 0.15) is 15.9 Å². The van der Waals surface area contributed by atoms with Crippen LogP contribution in [0.15, 0.2) is 42.5 Å². The number of Topliss-reactive ketones (excluding diaryl/α,β-unsaturated/α-hetero) is 1. The summed E-state index contributed by atoms with van der Waals surface area (Å²) in [6.07, 6.45) is 0.0115. The molecule has 18 heavy (non-hydrogen) atoms. The van der Waals surface area contributed by atoms with Crippen molar-refractivity contribution in [2.75, 3.05) is 0 Å². The van der Waals surface area contributed by atoms with Gasteiger partial charge in [0.25, 0.3) is 0 Å². The van der Waals surface area contributed by atoms with E-state index in [1.807, 2.05) is 0 Å². The van der Waals surface area contributed by atoms with Crippen LogP contribution < -0.4 is 0 Å². The minimum atomic E-state index is -0.713. The van der Waals surface area contributed by atoms with Crippen molar-refractivity contribution in [1.29, 1.82) is 0 Å². The van der Waals surface area contributed by atoms with Crippen molar-refractivity contribution in [1.82, 2.24) is 0 Å². The summed E-state index contributed by atoms with van der Waals surface area (Å²) in [5.74, 6) is -1.81. The zero-order valence-corrected chi connectivity index (χ0v) is 10.0. The average molecular weight is 267 g/mol. The summed E-state index contributed by atoms with van der Waals surface area (Å²) >= 11 is 5.72. The molecule has 0 amide bonds. The first-order valence-electron chi connectivity index (χ1n) is 5.29. The fourth-order valence-corrected chi connectivity index (χ4v) is 1.72. The average Bonchev–Trinajstić information content (AvgIpc) is 2.35. The van der Waals surface area contributed by atoms with Crippen LogP contribution in [0, 0.1) is 11.6 Å². The molecule has 0 aliphatic rings. The molecule has 0 fully saturated rings. The SMILES string of the molecule is O=C(Cc1ccc(Cl)cc1)c1cc(F)ccc1F. The minimum Gasteiger partial charge on any atom is -0.294 e. The Morgan fingerprint density at radius 1 is 1.06 bits per heavy atom. The van der Waals surface area contributed by atoms with Crippen LogP contribution in [0.5, 0.6) is 0 Å². The van der Waals surface area contributed by atoms with E-state index < -0.39 is 17.4 Å². The third-order valence-corrected chi connectivity index (χ3v) is 2.76. The Hall–Kier alpha value is -1.74. The molecule has 2 aromatic carbocycles. The summed E-state index contributed by atoms with van der Waals surface area (Å²) in [5.41, 5.74) is 0.470. The zero-order valence-electron chi connectivity index (χ0n) is 9.29. The fraction of sp³-hybridized carbons (Fsp3) is 0.0714. The molecule has 1 nitrogen and oxygen atoms in total. The van der Waals surface area contributed by atoms with Gasteiger partial charge in [-0.05, 0) is 35.9 Å². The van der Waals surface area contributed by atoms with Gasteiger partial charge in [0, 0.05) is 11.4 Å². The van der Waals surface area contributed by atoms with Crippen molar-refractivity contribution in [3.8, 4) is 0 Å². The summed E-state index contributed by atoms with van der Waals surface area (Å²) in [5, 5.41) is 0.558. The van der Waals surface area contributed by atoms with Crippen LogP contribution in [0.2, 0.25) is 5.02 Å². The first kappa shape index (κ1) is 12.7. The molecule has 2 rings (SSSR count). The Morgan fingerprint density at radius 2 is 1.72 bits per heavy atom. The number of halogens is 3. The Bertz CT molecular complexity index is 579. The van der Waals surface area contributed by atoms with Crippen LogP contribution in [-0.4, -0.2) is 5.78 Å². The van der Waals surface area contributed by atoms with E-state index in [9.17, 15) is 13.6 Å². The predicted molar refractivity (Wildman–Crippen MR) is 65.8 cm³/mol. The van der Waals surface area contributed by atoms with Crippen LogP contribution in [0.4, 0.5) is 8.78 Å². The van der Waals surface area contributed by atoms with Gasteiger partial charge in [0.05, 0.1) is 5.56 Å². The van der Waals surface area contributed by atoms with E-state index in [-0.39, 0.29) is 12.0 Å². The van der Waals surface area contributed by atoms with E-state index in [1.165, 1.54) is 0 Å². The molecule has 0 bridgehead atoms. The lowest BCUT2D eigenvalue weighted by Gasteiger charge is -2.03. The molecule has 0 saturated heterocycles. The highest BCUT2D eigenvalue weighted by molar-refractivity contribution is 6.30. The third-order valence-electron chi connectivity index (χ3n) is 2.51. The van der Waals surface area contributed by atoms with Crippen LogP contribution in [0.25, 0.3) is 0 Å². The van der Waals surface area contributed by atoms with Gasteiger partial charge >= 0.3 is 0 Å². The highest BCUT2D eigenvalue weighted by Gasteiger charge is 2.13. The maximum atomic E-state index is 13.4. The number of carbonyl (C=O) groups is 1. The highest BCUT2D eigenvalue weighted by Crippen LogP contribution is 2.15. The summed E-state index contributed by atoms with van der Waals surface area (Å²) in [6.45, 7) is 0. The maximum Gasteiger partial charge on any atom is 0.170 e. The lowest BCUT2D eigenvalue weighted by Crippen LogP contribution is -2.06. The van der Waals surface area contributed by atoms with Gasteiger partial charge in [-0.1, -0.05) is 23.7 Å². The van der Waals surface area contributed by atoms with Crippen molar-refractivity contribution in [2.45, 2.75) is 6.42 Å². The van der Waals surface area contributed by atoms with Crippen LogP contribution in [-0.2, 0) is 6.42 Å². The highest BCUT2D eigenvalue weighted by atomic mass is 35.5. The van der Waals surface area contributed by atoms with Gasteiger partial charge in [-0.15, -0.1) is 0 Å². The van der Waals surface area contributed by atoms with Gasteiger partial charge in [-0.2, -0.15) is 0 Å². The second-order valence-corrected chi connectivity index (χ2v) is 4.29. The molecule has 0 aliphatic carbocycles. The molecule has 0 spiro atoms. The standard InChI is InChI=1S/C14H9ClF2O/c15-10-3-1-9(2-4-10)7-14(18)12-8-11(16)5-6-13(12)17/h1-6,8H,7H2. The summed E-state index contributed by atoms with van der Waals surface area (Å²) in [4.78, 5) is 11.8. The Morgan fingerprint density at radius 3 is 2.39 bits per heavy atom. The number of benzene rings is 2. The molecular weight excluding hydrogens is 258 g/mol. The van der Waals surface area contributed by atoms with Gasteiger partial charge in [0.1, 0.15) is 11.6 Å². The molecule has 92 valence electrons. The van der Waals surface area contributed by atoms with E-state index in [0.717, 1.165) is 18.2 Å². The molecule has 2 aromatic rings. The molecule has 0 saturated carbocycles. The molecule has 0 heterocycles. The summed E-state index contributed by atoms with van der Waals surface area (Å²) < 4.78 is 26.3. The van der Waals surface area contributed by atoms with E-state index in [4.69, 9.17) is 11.6 Å². The van der Waals surface area contributed by atoms with Crippen LogP contribution in [0.3, 0.4) is 0 Å².